The molecule has 4 atom stereocenters. The molecule has 370 valence electrons. The Labute approximate surface area is 381 Å². The lowest BCUT2D eigenvalue weighted by Gasteiger charge is -2.47. The fourth-order valence-electron chi connectivity index (χ4n) is 9.09. The fourth-order valence-corrected chi connectivity index (χ4v) is 9.09. The molecule has 0 aliphatic heterocycles. The van der Waals surface area contributed by atoms with E-state index in [0.29, 0.717) is 12.8 Å². The molecule has 0 amide bonds. The molecular weight excluding hydrogens is 785 g/mol. The Kier molecular flexibility index (Phi) is 39.1. The summed E-state index contributed by atoms with van der Waals surface area (Å²) in [6.07, 6.45) is 32.5. The van der Waals surface area contributed by atoms with Gasteiger partial charge in [-0.2, -0.15) is 0 Å². The van der Waals surface area contributed by atoms with E-state index in [0.717, 1.165) is 38.5 Å². The molecule has 0 saturated carbocycles. The van der Waals surface area contributed by atoms with E-state index < -0.39 is 31.0 Å². The van der Waals surface area contributed by atoms with Crippen molar-refractivity contribution in [3.63, 3.8) is 0 Å². The van der Waals surface area contributed by atoms with Crippen LogP contribution in [0, 0.1) is 0 Å². The van der Waals surface area contributed by atoms with Crippen molar-refractivity contribution in [1.29, 1.82) is 0 Å². The SMILES string of the molecule is CCCCCCCCCCCCCCCCCC(=O)OCC[N+](CC(O)C[N+](CCOC(=O)CCCCCCCCCCCCCCCCC)(C(C)O)C(C)O)(C(C)O)C(C)O. The number of aliphatic hydroxyl groups excluding tert-OH is 5. The van der Waals surface area contributed by atoms with E-state index in [2.05, 4.69) is 13.8 Å². The van der Waals surface area contributed by atoms with Gasteiger partial charge in [-0.05, 0) is 12.8 Å². The molecule has 0 heterocycles. The van der Waals surface area contributed by atoms with Gasteiger partial charge in [0.2, 0.25) is 0 Å². The molecule has 4 unspecified atom stereocenters. The van der Waals surface area contributed by atoms with Crippen LogP contribution in [0.3, 0.4) is 0 Å². The van der Waals surface area contributed by atoms with Crippen LogP contribution in [0.15, 0.2) is 0 Å². The molecule has 0 aliphatic rings. The zero-order valence-electron chi connectivity index (χ0n) is 41.5. The van der Waals surface area contributed by atoms with Gasteiger partial charge >= 0.3 is 11.9 Å². The summed E-state index contributed by atoms with van der Waals surface area (Å²) in [6, 6.07) is 0. The normalized spacial score (nSPS) is 16.2. The molecule has 0 radical (unpaired) electrons. The average Bonchev–Trinajstić information content (AvgIpc) is 3.22. The predicted octanol–water partition coefficient (Wildman–Crippen LogP) is 10.9. The van der Waals surface area contributed by atoms with Crippen molar-refractivity contribution in [2.75, 3.05) is 39.4 Å². The van der Waals surface area contributed by atoms with Crippen LogP contribution >= 0.6 is 0 Å². The van der Waals surface area contributed by atoms with Crippen molar-refractivity contribution in [3.8, 4) is 0 Å². The first-order chi connectivity index (χ1) is 29.8. The summed E-state index contributed by atoms with van der Waals surface area (Å²) < 4.78 is 10.4. The zero-order valence-corrected chi connectivity index (χ0v) is 41.5. The van der Waals surface area contributed by atoms with Crippen LogP contribution in [0.5, 0.6) is 0 Å². The number of rotatable bonds is 46. The first kappa shape index (κ1) is 60.7. The number of aliphatic hydroxyl groups is 5. The zero-order chi connectivity index (χ0) is 46.3. The second-order valence-electron chi connectivity index (χ2n) is 19.0. The molecule has 62 heavy (non-hydrogen) atoms. The highest BCUT2D eigenvalue weighted by Gasteiger charge is 2.45. The number of quaternary nitrogens is 2. The Morgan fingerprint density at radius 3 is 0.790 bits per heavy atom. The highest BCUT2D eigenvalue weighted by molar-refractivity contribution is 5.69. The smallest absolute Gasteiger partial charge is 0.305 e. The molecule has 0 fully saturated rings. The third-order valence-corrected chi connectivity index (χ3v) is 13.6. The van der Waals surface area contributed by atoms with Crippen LogP contribution in [0.25, 0.3) is 0 Å². The Bertz CT molecular complexity index is 931. The van der Waals surface area contributed by atoms with Crippen LogP contribution in [0.2, 0.25) is 0 Å². The van der Waals surface area contributed by atoms with E-state index in [4.69, 9.17) is 9.47 Å². The van der Waals surface area contributed by atoms with Gasteiger partial charge in [0.15, 0.2) is 31.0 Å². The van der Waals surface area contributed by atoms with Gasteiger partial charge in [-0.3, -0.25) is 18.6 Å². The van der Waals surface area contributed by atoms with Crippen LogP contribution in [0.1, 0.15) is 247 Å². The molecular formula is C51H104N2O9+2. The van der Waals surface area contributed by atoms with Crippen molar-refractivity contribution in [1.82, 2.24) is 0 Å². The van der Waals surface area contributed by atoms with Gasteiger partial charge < -0.3 is 35.0 Å². The van der Waals surface area contributed by atoms with E-state index in [-0.39, 0.29) is 60.3 Å². The second kappa shape index (κ2) is 40.0. The number of hydrogen-bond donors (Lipinski definition) is 5. The van der Waals surface area contributed by atoms with Crippen LogP contribution < -0.4 is 0 Å². The van der Waals surface area contributed by atoms with Crippen molar-refractivity contribution in [2.24, 2.45) is 0 Å². The highest BCUT2D eigenvalue weighted by Crippen LogP contribution is 2.24. The fraction of sp³-hybridized carbons (Fsp3) is 0.961. The summed E-state index contributed by atoms with van der Waals surface area (Å²) in [5.74, 6) is -0.634. The van der Waals surface area contributed by atoms with Crippen molar-refractivity contribution in [2.45, 2.75) is 278 Å². The van der Waals surface area contributed by atoms with E-state index in [1.165, 1.54) is 182 Å². The summed E-state index contributed by atoms with van der Waals surface area (Å²) in [5.41, 5.74) is 0. The number of nitrogens with zero attached hydrogens (tertiary/aromatic N) is 2. The minimum atomic E-state index is -1.18. The van der Waals surface area contributed by atoms with Gasteiger partial charge in [-0.15, -0.1) is 0 Å². The molecule has 0 aliphatic carbocycles. The van der Waals surface area contributed by atoms with Gasteiger partial charge in [0.25, 0.3) is 0 Å². The molecule has 0 spiro atoms. The number of hydrogen-bond acceptors (Lipinski definition) is 9. The van der Waals surface area contributed by atoms with Crippen LogP contribution in [-0.4, -0.2) is 117 Å². The summed E-state index contributed by atoms with van der Waals surface area (Å²) in [5, 5.41) is 55.1. The standard InChI is InChI=1S/C51H104N2O9/c1-7-9-11-13-15-17-19-21-23-25-27-29-31-33-35-37-50(59)61-41-39-52(45(3)54,46(4)55)43-49(58)44-53(47(5)56,48(6)57)40-42-62-51(60)38-36-34-32-30-28-26-24-22-20-18-16-14-12-10-8-2/h45-49,54-58H,7-44H2,1-6H3/q+2. The molecule has 11 nitrogen and oxygen atoms in total. The Balaban J connectivity index is 4.60. The molecule has 5 N–H and O–H groups in total. The van der Waals surface area contributed by atoms with Crippen LogP contribution in [-0.2, 0) is 19.1 Å². The maximum Gasteiger partial charge on any atom is 0.305 e. The van der Waals surface area contributed by atoms with E-state index in [1.54, 1.807) is 0 Å². The minimum Gasteiger partial charge on any atom is -0.460 e. The summed E-state index contributed by atoms with van der Waals surface area (Å²) >= 11 is 0. The molecule has 11 heteroatoms. The molecule has 0 rings (SSSR count). The van der Waals surface area contributed by atoms with Crippen LogP contribution in [0.4, 0.5) is 0 Å². The number of carbonyl (C=O) groups excluding carboxylic acids is 2. The maximum absolute atomic E-state index is 12.6. The van der Waals surface area contributed by atoms with Crippen molar-refractivity contribution in [3.05, 3.63) is 0 Å². The third-order valence-electron chi connectivity index (χ3n) is 13.6. The quantitative estimate of drug-likeness (QED) is 0.0174. The molecule has 0 bridgehead atoms. The van der Waals surface area contributed by atoms with E-state index in [1.807, 2.05) is 0 Å². The average molecular weight is 889 g/mol. The monoisotopic (exact) mass is 889 g/mol. The van der Waals surface area contributed by atoms with Gasteiger partial charge in [-0.25, -0.2) is 0 Å². The molecule has 0 aromatic carbocycles. The summed E-state index contributed by atoms with van der Waals surface area (Å²) in [4.78, 5) is 25.2. The first-order valence-electron chi connectivity index (χ1n) is 26.2. The number of ether oxygens (including phenoxy) is 2. The minimum absolute atomic E-state index is 0.0395. The van der Waals surface area contributed by atoms with Gasteiger partial charge in [0.1, 0.15) is 39.4 Å². The molecule has 0 aromatic rings. The predicted molar refractivity (Wildman–Crippen MR) is 254 cm³/mol. The number of esters is 2. The first-order valence-corrected chi connectivity index (χ1v) is 26.2. The molecule has 0 saturated heterocycles. The van der Waals surface area contributed by atoms with Gasteiger partial charge in [-0.1, -0.05) is 194 Å². The highest BCUT2D eigenvalue weighted by atomic mass is 16.5. The lowest BCUT2D eigenvalue weighted by molar-refractivity contribution is -1.02. The Morgan fingerprint density at radius 2 is 0.581 bits per heavy atom. The van der Waals surface area contributed by atoms with Crippen molar-refractivity contribution >= 4 is 11.9 Å². The Hall–Kier alpha value is -1.34. The number of carbonyl (C=O) groups is 2. The second-order valence-corrected chi connectivity index (χ2v) is 19.0. The Morgan fingerprint density at radius 1 is 0.371 bits per heavy atom. The molecule has 0 aromatic heterocycles. The lowest BCUT2D eigenvalue weighted by Crippen LogP contribution is -2.68. The third kappa shape index (κ3) is 30.0. The topological polar surface area (TPSA) is 154 Å². The van der Waals surface area contributed by atoms with Gasteiger partial charge in [0, 0.05) is 40.5 Å². The lowest BCUT2D eigenvalue weighted by atomic mass is 10.0. The largest absolute Gasteiger partial charge is 0.460 e. The summed E-state index contributed by atoms with van der Waals surface area (Å²) in [7, 11) is 0. The van der Waals surface area contributed by atoms with Gasteiger partial charge in [0.05, 0.1) is 0 Å². The maximum atomic E-state index is 12.6. The summed E-state index contributed by atoms with van der Waals surface area (Å²) in [6.45, 7) is 10.4. The van der Waals surface area contributed by atoms with E-state index in [9.17, 15) is 35.1 Å². The van der Waals surface area contributed by atoms with Crippen molar-refractivity contribution < 1.29 is 53.6 Å². The van der Waals surface area contributed by atoms with E-state index >= 15 is 0 Å². The number of unbranched alkanes of at least 4 members (excludes halogenated alkanes) is 28.